The average Bonchev–Trinajstić information content (AvgIpc) is 2.79. The van der Waals surface area contributed by atoms with Gasteiger partial charge in [0, 0.05) is 11.4 Å². The summed E-state index contributed by atoms with van der Waals surface area (Å²) >= 11 is 0. The second-order valence-electron chi connectivity index (χ2n) is 7.08. The topological polar surface area (TPSA) is 95.4 Å². The van der Waals surface area contributed by atoms with Gasteiger partial charge in [-0.3, -0.25) is 14.5 Å². The van der Waals surface area contributed by atoms with Crippen molar-refractivity contribution in [1.82, 2.24) is 4.90 Å². The van der Waals surface area contributed by atoms with Crippen molar-refractivity contribution in [1.29, 1.82) is 0 Å². The molecule has 3 rings (SSSR count). The van der Waals surface area contributed by atoms with Crippen LogP contribution in [-0.2, 0) is 9.59 Å². The minimum absolute atomic E-state index is 0.0749. The quantitative estimate of drug-likeness (QED) is 0.483. The number of ether oxygens (including phenoxy) is 1. The van der Waals surface area contributed by atoms with E-state index in [2.05, 4.69) is 20.9 Å². The molecule has 0 saturated heterocycles. The van der Waals surface area contributed by atoms with Crippen LogP contribution in [0.2, 0.25) is 0 Å². The van der Waals surface area contributed by atoms with Gasteiger partial charge in [0.25, 0.3) is 0 Å². The predicted molar refractivity (Wildman–Crippen MR) is 125 cm³/mol. The van der Waals surface area contributed by atoms with Crippen LogP contribution in [0, 0.1) is 0 Å². The molecule has 0 aliphatic rings. The van der Waals surface area contributed by atoms with Gasteiger partial charge >= 0.3 is 0 Å². The van der Waals surface area contributed by atoms with Crippen molar-refractivity contribution in [3.63, 3.8) is 0 Å². The second-order valence-corrected chi connectivity index (χ2v) is 7.08. The number of azo groups is 1. The summed E-state index contributed by atoms with van der Waals surface area (Å²) in [6, 6.07) is 23.5. The maximum atomic E-state index is 12.3. The third kappa shape index (κ3) is 7.33. The first-order valence-electron chi connectivity index (χ1n) is 10.0. The van der Waals surface area contributed by atoms with Crippen LogP contribution in [0.15, 0.2) is 89.1 Å². The number of carbonyl (C=O) groups is 2. The molecule has 0 atom stereocenters. The van der Waals surface area contributed by atoms with Gasteiger partial charge in [-0.1, -0.05) is 18.2 Å². The first kappa shape index (κ1) is 22.6. The van der Waals surface area contributed by atoms with Crippen molar-refractivity contribution in [2.75, 3.05) is 37.9 Å². The van der Waals surface area contributed by atoms with Crippen molar-refractivity contribution in [3.8, 4) is 5.75 Å². The van der Waals surface area contributed by atoms with Crippen LogP contribution < -0.4 is 15.4 Å². The number of rotatable bonds is 9. The van der Waals surface area contributed by atoms with E-state index < -0.39 is 0 Å². The Morgan fingerprint density at radius 3 is 1.72 bits per heavy atom. The minimum atomic E-state index is -0.219. The van der Waals surface area contributed by atoms with E-state index in [0.29, 0.717) is 22.8 Å². The monoisotopic (exact) mass is 431 g/mol. The van der Waals surface area contributed by atoms with Crippen LogP contribution in [-0.4, -0.2) is 44.0 Å². The smallest absolute Gasteiger partial charge is 0.238 e. The minimum Gasteiger partial charge on any atom is -0.497 e. The van der Waals surface area contributed by atoms with Crippen LogP contribution in [0.1, 0.15) is 0 Å². The molecule has 0 aliphatic carbocycles. The van der Waals surface area contributed by atoms with E-state index in [1.807, 2.05) is 30.3 Å². The molecule has 0 aromatic heterocycles. The van der Waals surface area contributed by atoms with Crippen molar-refractivity contribution in [2.45, 2.75) is 0 Å². The fraction of sp³-hybridized carbons (Fsp3) is 0.167. The van der Waals surface area contributed by atoms with Crippen LogP contribution in [0.5, 0.6) is 5.75 Å². The van der Waals surface area contributed by atoms with Gasteiger partial charge in [0.05, 0.1) is 31.6 Å². The van der Waals surface area contributed by atoms with E-state index in [9.17, 15) is 9.59 Å². The Labute approximate surface area is 186 Å². The molecule has 3 aromatic rings. The molecule has 0 bridgehead atoms. The lowest BCUT2D eigenvalue weighted by molar-refractivity contribution is -0.119. The number of nitrogens with one attached hydrogen (secondary N) is 2. The predicted octanol–water partition coefficient (Wildman–Crippen LogP) is 4.62. The summed E-state index contributed by atoms with van der Waals surface area (Å²) in [6.45, 7) is 0.157. The Morgan fingerprint density at radius 2 is 1.22 bits per heavy atom. The van der Waals surface area contributed by atoms with Crippen LogP contribution in [0.3, 0.4) is 0 Å². The number of nitrogens with zero attached hydrogens (tertiary/aromatic N) is 3. The molecule has 2 amide bonds. The molecule has 0 radical (unpaired) electrons. The fourth-order valence-electron chi connectivity index (χ4n) is 2.84. The number of hydrogen-bond acceptors (Lipinski definition) is 6. The van der Waals surface area contributed by atoms with Crippen molar-refractivity contribution in [2.24, 2.45) is 10.2 Å². The molecule has 0 unspecified atom stereocenters. The molecular weight excluding hydrogens is 406 g/mol. The van der Waals surface area contributed by atoms with E-state index in [1.54, 1.807) is 67.6 Å². The number of amides is 2. The van der Waals surface area contributed by atoms with Gasteiger partial charge in [-0.15, -0.1) is 0 Å². The molecule has 0 spiro atoms. The highest BCUT2D eigenvalue weighted by molar-refractivity contribution is 5.94. The first-order valence-corrected chi connectivity index (χ1v) is 10.0. The highest BCUT2D eigenvalue weighted by atomic mass is 16.5. The van der Waals surface area contributed by atoms with Crippen molar-refractivity contribution >= 4 is 34.6 Å². The molecule has 3 aromatic carbocycles. The number of methoxy groups -OCH3 is 1. The van der Waals surface area contributed by atoms with Gasteiger partial charge in [0.15, 0.2) is 0 Å². The highest BCUT2D eigenvalue weighted by Crippen LogP contribution is 2.20. The summed E-state index contributed by atoms with van der Waals surface area (Å²) in [7, 11) is 3.29. The number of anilines is 2. The SMILES string of the molecule is COc1ccc(NC(=O)CN(C)CC(=O)Nc2ccc(N=Nc3ccccc3)cc2)cc1. The average molecular weight is 431 g/mol. The number of likely N-dealkylation sites (N-methyl/N-ethyl adjacent to an activating group) is 1. The van der Waals surface area contributed by atoms with E-state index in [1.165, 1.54) is 0 Å². The number of hydrogen-bond donors (Lipinski definition) is 2. The molecular formula is C24H25N5O3. The molecule has 0 saturated carbocycles. The summed E-state index contributed by atoms with van der Waals surface area (Å²) in [5, 5.41) is 13.9. The van der Waals surface area contributed by atoms with Crippen LogP contribution in [0.25, 0.3) is 0 Å². The molecule has 0 heterocycles. The Balaban J connectivity index is 1.44. The van der Waals surface area contributed by atoms with Gasteiger partial charge in [-0.25, -0.2) is 0 Å². The second kappa shape index (κ2) is 11.4. The summed E-state index contributed by atoms with van der Waals surface area (Å²) in [5.74, 6) is 0.283. The number of carbonyl (C=O) groups excluding carboxylic acids is 2. The van der Waals surface area contributed by atoms with E-state index in [-0.39, 0.29) is 24.9 Å². The Kier molecular flexibility index (Phi) is 8.05. The van der Waals surface area contributed by atoms with Gasteiger partial charge in [0.1, 0.15) is 5.75 Å². The molecule has 0 fully saturated rings. The van der Waals surface area contributed by atoms with Gasteiger partial charge in [-0.05, 0) is 67.7 Å². The Hall–Kier alpha value is -4.04. The third-order valence-corrected chi connectivity index (χ3v) is 4.39. The molecule has 0 aliphatic heterocycles. The standard InChI is InChI=1S/C24H25N5O3/c1-29(17-24(31)26-19-12-14-22(32-2)15-13-19)16-23(30)25-18-8-10-21(11-9-18)28-27-20-6-4-3-5-7-20/h3-15H,16-17H2,1-2H3,(H,25,30)(H,26,31). The summed E-state index contributed by atoms with van der Waals surface area (Å²) < 4.78 is 5.09. The summed E-state index contributed by atoms with van der Waals surface area (Å²) in [5.41, 5.74) is 2.76. The lowest BCUT2D eigenvalue weighted by atomic mass is 10.3. The lowest BCUT2D eigenvalue weighted by Gasteiger charge is -2.16. The zero-order valence-corrected chi connectivity index (χ0v) is 18.0. The Morgan fingerprint density at radius 1 is 0.750 bits per heavy atom. The Bertz CT molecular complexity index is 1050. The molecule has 8 nitrogen and oxygen atoms in total. The summed E-state index contributed by atoms with van der Waals surface area (Å²) in [6.07, 6.45) is 0. The maximum absolute atomic E-state index is 12.3. The number of benzene rings is 3. The van der Waals surface area contributed by atoms with E-state index in [0.717, 1.165) is 5.69 Å². The van der Waals surface area contributed by atoms with Crippen LogP contribution >= 0.6 is 0 Å². The maximum Gasteiger partial charge on any atom is 0.238 e. The van der Waals surface area contributed by atoms with Crippen LogP contribution in [0.4, 0.5) is 22.7 Å². The van der Waals surface area contributed by atoms with Gasteiger partial charge in [-0.2, -0.15) is 10.2 Å². The van der Waals surface area contributed by atoms with Crippen molar-refractivity contribution < 1.29 is 14.3 Å². The van der Waals surface area contributed by atoms with Crippen molar-refractivity contribution in [3.05, 3.63) is 78.9 Å². The molecule has 8 heteroatoms. The fourth-order valence-corrected chi connectivity index (χ4v) is 2.84. The largest absolute Gasteiger partial charge is 0.497 e. The van der Waals surface area contributed by atoms with E-state index >= 15 is 0 Å². The highest BCUT2D eigenvalue weighted by Gasteiger charge is 2.11. The zero-order chi connectivity index (χ0) is 22.8. The first-order chi connectivity index (χ1) is 15.5. The normalized spacial score (nSPS) is 10.8. The molecule has 164 valence electrons. The lowest BCUT2D eigenvalue weighted by Crippen LogP contribution is -2.36. The summed E-state index contributed by atoms with van der Waals surface area (Å²) in [4.78, 5) is 26.1. The van der Waals surface area contributed by atoms with Gasteiger partial charge in [0.2, 0.25) is 11.8 Å². The zero-order valence-electron chi connectivity index (χ0n) is 18.0. The van der Waals surface area contributed by atoms with E-state index in [4.69, 9.17) is 4.74 Å². The third-order valence-electron chi connectivity index (χ3n) is 4.39. The van der Waals surface area contributed by atoms with Gasteiger partial charge < -0.3 is 15.4 Å². The molecule has 32 heavy (non-hydrogen) atoms. The molecule has 2 N–H and O–H groups in total.